The highest BCUT2D eigenvalue weighted by atomic mass is 19.1. The van der Waals surface area contributed by atoms with E-state index in [0.717, 1.165) is 18.2 Å². The van der Waals surface area contributed by atoms with E-state index >= 15 is 0 Å². The SMILES string of the molecule is CC(C)CC(Nc1cc(F)ccc1[N+](=O)[O-])C(=O)O. The number of benzene rings is 1. The second kappa shape index (κ2) is 6.12. The number of nitro benzene ring substituents is 1. The van der Waals surface area contributed by atoms with E-state index in [4.69, 9.17) is 5.11 Å². The van der Waals surface area contributed by atoms with Crippen molar-refractivity contribution in [1.82, 2.24) is 0 Å². The van der Waals surface area contributed by atoms with Crippen molar-refractivity contribution in [3.8, 4) is 0 Å². The van der Waals surface area contributed by atoms with Crippen LogP contribution in [0.4, 0.5) is 15.8 Å². The van der Waals surface area contributed by atoms with Gasteiger partial charge in [0.15, 0.2) is 0 Å². The van der Waals surface area contributed by atoms with Crippen LogP contribution in [0, 0.1) is 21.8 Å². The molecule has 1 unspecified atom stereocenters. The van der Waals surface area contributed by atoms with Crippen LogP contribution in [-0.4, -0.2) is 22.0 Å². The summed E-state index contributed by atoms with van der Waals surface area (Å²) in [5.74, 6) is -1.71. The van der Waals surface area contributed by atoms with Gasteiger partial charge in [0.2, 0.25) is 0 Å². The molecule has 0 spiro atoms. The number of hydrogen-bond acceptors (Lipinski definition) is 4. The summed E-state index contributed by atoms with van der Waals surface area (Å²) in [5, 5.41) is 22.4. The molecule has 0 heterocycles. The molecule has 0 aliphatic heterocycles. The van der Waals surface area contributed by atoms with Gasteiger partial charge in [-0.15, -0.1) is 0 Å². The van der Waals surface area contributed by atoms with Crippen molar-refractivity contribution < 1.29 is 19.2 Å². The van der Waals surface area contributed by atoms with Crippen molar-refractivity contribution in [3.05, 3.63) is 34.1 Å². The zero-order valence-corrected chi connectivity index (χ0v) is 10.6. The van der Waals surface area contributed by atoms with Crippen LogP contribution in [0.15, 0.2) is 18.2 Å². The summed E-state index contributed by atoms with van der Waals surface area (Å²) in [6, 6.07) is 1.89. The Morgan fingerprint density at radius 3 is 2.63 bits per heavy atom. The number of hydrogen-bond donors (Lipinski definition) is 2. The number of nitro groups is 1. The summed E-state index contributed by atoms with van der Waals surface area (Å²) in [7, 11) is 0. The minimum absolute atomic E-state index is 0.0845. The second-order valence-corrected chi connectivity index (χ2v) is 4.58. The largest absolute Gasteiger partial charge is 0.480 e. The Labute approximate surface area is 109 Å². The first-order valence-electron chi connectivity index (χ1n) is 5.74. The van der Waals surface area contributed by atoms with Crippen molar-refractivity contribution in [2.24, 2.45) is 5.92 Å². The molecule has 0 amide bonds. The molecule has 0 bridgehead atoms. The van der Waals surface area contributed by atoms with Crippen LogP contribution >= 0.6 is 0 Å². The van der Waals surface area contributed by atoms with E-state index in [2.05, 4.69) is 5.32 Å². The lowest BCUT2D eigenvalue weighted by Gasteiger charge is -2.17. The molecule has 1 atom stereocenters. The van der Waals surface area contributed by atoms with Gasteiger partial charge in [0.05, 0.1) is 4.92 Å². The third-order valence-electron chi connectivity index (χ3n) is 2.49. The van der Waals surface area contributed by atoms with Crippen LogP contribution in [0.5, 0.6) is 0 Å². The maximum atomic E-state index is 13.1. The van der Waals surface area contributed by atoms with E-state index in [0.29, 0.717) is 0 Å². The first-order chi connectivity index (χ1) is 8.81. The van der Waals surface area contributed by atoms with Gasteiger partial charge in [-0.2, -0.15) is 0 Å². The molecule has 1 aromatic rings. The maximum Gasteiger partial charge on any atom is 0.326 e. The Hall–Kier alpha value is -2.18. The van der Waals surface area contributed by atoms with Gasteiger partial charge >= 0.3 is 5.97 Å². The Kier molecular flexibility index (Phi) is 4.80. The fourth-order valence-corrected chi connectivity index (χ4v) is 1.66. The predicted octanol–water partition coefficient (Wildman–Crippen LogP) is 2.65. The highest BCUT2D eigenvalue weighted by molar-refractivity contribution is 5.79. The molecule has 0 aliphatic rings. The number of anilines is 1. The summed E-state index contributed by atoms with van der Waals surface area (Å²) in [5.41, 5.74) is -0.477. The van der Waals surface area contributed by atoms with Gasteiger partial charge in [0.25, 0.3) is 5.69 Å². The van der Waals surface area contributed by atoms with Crippen LogP contribution in [0.3, 0.4) is 0 Å². The molecule has 104 valence electrons. The summed E-state index contributed by atoms with van der Waals surface area (Å²) >= 11 is 0. The van der Waals surface area contributed by atoms with E-state index in [1.807, 2.05) is 13.8 Å². The lowest BCUT2D eigenvalue weighted by Crippen LogP contribution is -2.31. The molecule has 7 heteroatoms. The number of rotatable bonds is 6. The predicted molar refractivity (Wildman–Crippen MR) is 67.6 cm³/mol. The lowest BCUT2D eigenvalue weighted by atomic mass is 10.0. The van der Waals surface area contributed by atoms with Gasteiger partial charge in [-0.3, -0.25) is 10.1 Å². The lowest BCUT2D eigenvalue weighted by molar-refractivity contribution is -0.384. The van der Waals surface area contributed by atoms with Crippen molar-refractivity contribution in [2.75, 3.05) is 5.32 Å². The van der Waals surface area contributed by atoms with E-state index in [-0.39, 0.29) is 23.7 Å². The van der Waals surface area contributed by atoms with Gasteiger partial charge < -0.3 is 10.4 Å². The molecular formula is C12H15FN2O4. The van der Waals surface area contributed by atoms with E-state index in [1.54, 1.807) is 0 Å². The zero-order chi connectivity index (χ0) is 14.6. The molecule has 0 fully saturated rings. The van der Waals surface area contributed by atoms with E-state index in [1.165, 1.54) is 0 Å². The van der Waals surface area contributed by atoms with Crippen LogP contribution in [-0.2, 0) is 4.79 Å². The summed E-state index contributed by atoms with van der Waals surface area (Å²) in [4.78, 5) is 21.2. The number of carboxylic acid groups (broad SMARTS) is 1. The average Bonchev–Trinajstić information content (AvgIpc) is 2.26. The molecule has 0 radical (unpaired) electrons. The molecule has 0 saturated heterocycles. The quantitative estimate of drug-likeness (QED) is 0.612. The minimum atomic E-state index is -1.13. The topological polar surface area (TPSA) is 92.5 Å². The number of nitrogens with one attached hydrogen (secondary N) is 1. The van der Waals surface area contributed by atoms with Crippen LogP contribution in [0.1, 0.15) is 20.3 Å². The van der Waals surface area contributed by atoms with Gasteiger partial charge in [0, 0.05) is 12.1 Å². The van der Waals surface area contributed by atoms with Crippen LogP contribution in [0.25, 0.3) is 0 Å². The standard InChI is InChI=1S/C12H15FN2O4/c1-7(2)5-10(12(16)17)14-9-6-8(13)3-4-11(9)15(18)19/h3-4,6-7,10,14H,5H2,1-2H3,(H,16,17). The molecule has 0 aliphatic carbocycles. The second-order valence-electron chi connectivity index (χ2n) is 4.58. The fraction of sp³-hybridized carbons (Fsp3) is 0.417. The van der Waals surface area contributed by atoms with Gasteiger partial charge in [-0.05, 0) is 18.4 Å². The molecule has 1 rings (SSSR count). The Morgan fingerprint density at radius 2 is 2.16 bits per heavy atom. The Balaban J connectivity index is 3.04. The van der Waals surface area contributed by atoms with Crippen molar-refractivity contribution in [3.63, 3.8) is 0 Å². The first-order valence-corrected chi connectivity index (χ1v) is 5.74. The highest BCUT2D eigenvalue weighted by Gasteiger charge is 2.23. The first kappa shape index (κ1) is 14.9. The van der Waals surface area contributed by atoms with Gasteiger partial charge in [-0.1, -0.05) is 13.8 Å². The van der Waals surface area contributed by atoms with Crippen LogP contribution < -0.4 is 5.32 Å². The molecule has 0 aromatic heterocycles. The van der Waals surface area contributed by atoms with Gasteiger partial charge in [0.1, 0.15) is 17.5 Å². The number of carbonyl (C=O) groups is 1. The number of carboxylic acids is 1. The number of nitrogens with zero attached hydrogens (tertiary/aromatic N) is 1. The number of aliphatic carboxylic acids is 1. The third kappa shape index (κ3) is 4.20. The van der Waals surface area contributed by atoms with Crippen molar-refractivity contribution in [1.29, 1.82) is 0 Å². The highest BCUT2D eigenvalue weighted by Crippen LogP contribution is 2.26. The molecule has 0 saturated carbocycles. The van der Waals surface area contributed by atoms with Crippen molar-refractivity contribution >= 4 is 17.3 Å². The van der Waals surface area contributed by atoms with Crippen LogP contribution in [0.2, 0.25) is 0 Å². The maximum absolute atomic E-state index is 13.1. The monoisotopic (exact) mass is 270 g/mol. The van der Waals surface area contributed by atoms with Crippen molar-refractivity contribution in [2.45, 2.75) is 26.3 Å². The Morgan fingerprint density at radius 1 is 1.53 bits per heavy atom. The van der Waals surface area contributed by atoms with E-state index in [9.17, 15) is 19.3 Å². The zero-order valence-electron chi connectivity index (χ0n) is 10.6. The summed E-state index contributed by atoms with van der Waals surface area (Å²) < 4.78 is 13.1. The fourth-order valence-electron chi connectivity index (χ4n) is 1.66. The molecule has 2 N–H and O–H groups in total. The Bertz CT molecular complexity index is 491. The molecular weight excluding hydrogens is 255 g/mol. The molecule has 19 heavy (non-hydrogen) atoms. The minimum Gasteiger partial charge on any atom is -0.480 e. The summed E-state index contributed by atoms with van der Waals surface area (Å²) in [6.45, 7) is 3.66. The molecule has 1 aromatic carbocycles. The van der Waals surface area contributed by atoms with E-state index < -0.39 is 22.8 Å². The molecule has 6 nitrogen and oxygen atoms in total. The average molecular weight is 270 g/mol. The van der Waals surface area contributed by atoms with Gasteiger partial charge in [-0.25, -0.2) is 9.18 Å². The smallest absolute Gasteiger partial charge is 0.326 e. The normalized spacial score (nSPS) is 12.2. The number of halogens is 1. The third-order valence-corrected chi connectivity index (χ3v) is 2.49. The summed E-state index contributed by atoms with van der Waals surface area (Å²) in [6.07, 6.45) is 0.281.